The van der Waals surface area contributed by atoms with Crippen molar-refractivity contribution in [2.24, 2.45) is 0 Å². The molecule has 96 valence electrons. The monoisotopic (exact) mass is 264 g/mol. The van der Waals surface area contributed by atoms with Gasteiger partial charge in [-0.2, -0.15) is 0 Å². The highest BCUT2D eigenvalue weighted by Crippen LogP contribution is 2.23. The normalized spacial score (nSPS) is 9.39. The molecule has 1 aromatic carbocycles. The van der Waals surface area contributed by atoms with E-state index in [0.717, 1.165) is 0 Å². The van der Waals surface area contributed by atoms with Crippen LogP contribution in [0.25, 0.3) is 0 Å². The number of rotatable bonds is 5. The summed E-state index contributed by atoms with van der Waals surface area (Å²) in [5.74, 6) is 0.530. The summed E-state index contributed by atoms with van der Waals surface area (Å²) in [5, 5.41) is 5.75. The van der Waals surface area contributed by atoms with Gasteiger partial charge in [-0.15, -0.1) is 0 Å². The number of amides is 1. The first-order chi connectivity index (χ1) is 8.67. The molecule has 0 radical (unpaired) electrons. The van der Waals surface area contributed by atoms with Crippen LogP contribution in [0.3, 0.4) is 0 Å². The van der Waals surface area contributed by atoms with Gasteiger partial charge in [-0.05, 0) is 24.4 Å². The number of carbonyl (C=O) groups excluding carboxylic acids is 1. The standard InChI is InChI=1S/C13H16N2O2S/c1-3-9-17-11-8-6-5-7-10(11)14-13(18)15-12(16)4-2/h3,5-8H,1,4,9H2,2H3,(H2,14,15,16,18). The third-order valence-corrected chi connectivity index (χ3v) is 2.27. The highest BCUT2D eigenvalue weighted by atomic mass is 32.1. The second kappa shape index (κ2) is 7.45. The summed E-state index contributed by atoms with van der Waals surface area (Å²) in [4.78, 5) is 11.2. The number of nitrogens with one attached hydrogen (secondary N) is 2. The Kier molecular flexibility index (Phi) is 5.87. The smallest absolute Gasteiger partial charge is 0.225 e. The average molecular weight is 264 g/mol. The minimum atomic E-state index is -0.128. The zero-order chi connectivity index (χ0) is 13.4. The lowest BCUT2D eigenvalue weighted by Gasteiger charge is -2.13. The van der Waals surface area contributed by atoms with E-state index in [9.17, 15) is 4.79 Å². The van der Waals surface area contributed by atoms with Gasteiger partial charge in [0.25, 0.3) is 0 Å². The van der Waals surface area contributed by atoms with Crippen molar-refractivity contribution >= 4 is 28.9 Å². The molecule has 4 nitrogen and oxygen atoms in total. The van der Waals surface area contributed by atoms with Crippen LogP contribution in [0.4, 0.5) is 5.69 Å². The Morgan fingerprint density at radius 3 is 2.89 bits per heavy atom. The highest BCUT2D eigenvalue weighted by Gasteiger charge is 2.06. The van der Waals surface area contributed by atoms with Crippen molar-refractivity contribution in [2.45, 2.75) is 13.3 Å². The number of hydrogen-bond donors (Lipinski definition) is 2. The van der Waals surface area contributed by atoms with Crippen molar-refractivity contribution in [2.75, 3.05) is 11.9 Å². The van der Waals surface area contributed by atoms with Crippen molar-refractivity contribution in [3.8, 4) is 5.75 Å². The number of benzene rings is 1. The number of hydrogen-bond acceptors (Lipinski definition) is 3. The molecule has 18 heavy (non-hydrogen) atoms. The summed E-state index contributed by atoms with van der Waals surface area (Å²) in [6, 6.07) is 7.35. The van der Waals surface area contributed by atoms with E-state index in [1.807, 2.05) is 24.3 Å². The van der Waals surface area contributed by atoms with Crippen LogP contribution in [0.2, 0.25) is 0 Å². The topological polar surface area (TPSA) is 50.4 Å². The van der Waals surface area contributed by atoms with Crippen molar-refractivity contribution < 1.29 is 9.53 Å². The first kappa shape index (κ1) is 14.2. The molecule has 0 spiro atoms. The molecule has 0 bridgehead atoms. The molecule has 0 atom stereocenters. The number of anilines is 1. The van der Waals surface area contributed by atoms with Crippen LogP contribution in [0.15, 0.2) is 36.9 Å². The Morgan fingerprint density at radius 1 is 1.50 bits per heavy atom. The molecular weight excluding hydrogens is 248 g/mol. The van der Waals surface area contributed by atoms with Gasteiger partial charge in [-0.3, -0.25) is 4.79 Å². The predicted octanol–water partition coefficient (Wildman–Crippen LogP) is 2.47. The Bertz CT molecular complexity index is 446. The summed E-state index contributed by atoms with van der Waals surface area (Å²) in [5.41, 5.74) is 0.709. The van der Waals surface area contributed by atoms with Gasteiger partial charge in [-0.25, -0.2) is 0 Å². The quantitative estimate of drug-likeness (QED) is 0.633. The van der Waals surface area contributed by atoms with Crippen LogP contribution >= 0.6 is 12.2 Å². The molecule has 2 N–H and O–H groups in total. The first-order valence-electron chi connectivity index (χ1n) is 5.61. The molecule has 0 aliphatic heterocycles. The van der Waals surface area contributed by atoms with E-state index in [1.54, 1.807) is 13.0 Å². The van der Waals surface area contributed by atoms with E-state index in [2.05, 4.69) is 17.2 Å². The fourth-order valence-electron chi connectivity index (χ4n) is 1.21. The van der Waals surface area contributed by atoms with Gasteiger partial charge in [0.05, 0.1) is 5.69 Å². The van der Waals surface area contributed by atoms with E-state index >= 15 is 0 Å². The van der Waals surface area contributed by atoms with Gasteiger partial charge in [0.15, 0.2) is 5.11 Å². The van der Waals surface area contributed by atoms with Crippen LogP contribution < -0.4 is 15.4 Å². The largest absolute Gasteiger partial charge is 0.487 e. The minimum Gasteiger partial charge on any atom is -0.487 e. The molecule has 0 saturated carbocycles. The molecule has 0 aliphatic carbocycles. The zero-order valence-corrected chi connectivity index (χ0v) is 11.0. The van der Waals surface area contributed by atoms with Crippen LogP contribution in [-0.4, -0.2) is 17.6 Å². The summed E-state index contributed by atoms with van der Waals surface area (Å²) in [6.45, 7) is 5.76. The van der Waals surface area contributed by atoms with Gasteiger partial charge in [-0.1, -0.05) is 31.7 Å². The number of thiocarbonyl (C=S) groups is 1. The Hall–Kier alpha value is -1.88. The lowest BCUT2D eigenvalue weighted by Crippen LogP contribution is -2.33. The minimum absolute atomic E-state index is 0.128. The second-order valence-electron chi connectivity index (χ2n) is 3.45. The third-order valence-electron chi connectivity index (χ3n) is 2.07. The average Bonchev–Trinajstić information content (AvgIpc) is 2.37. The van der Waals surface area contributed by atoms with Gasteiger partial charge < -0.3 is 15.4 Å². The Labute approximate surface area is 112 Å². The molecule has 0 aromatic heterocycles. The molecular formula is C13H16N2O2S. The molecule has 5 heteroatoms. The maximum absolute atomic E-state index is 11.2. The molecule has 1 aromatic rings. The van der Waals surface area contributed by atoms with E-state index in [1.165, 1.54) is 0 Å². The first-order valence-corrected chi connectivity index (χ1v) is 6.01. The third kappa shape index (κ3) is 4.55. The van der Waals surface area contributed by atoms with Gasteiger partial charge >= 0.3 is 0 Å². The molecule has 0 heterocycles. The van der Waals surface area contributed by atoms with Gasteiger partial charge in [0.1, 0.15) is 12.4 Å². The number of ether oxygens (including phenoxy) is 1. The van der Waals surface area contributed by atoms with Crippen LogP contribution in [0.5, 0.6) is 5.75 Å². The van der Waals surface area contributed by atoms with E-state index in [0.29, 0.717) is 24.5 Å². The van der Waals surface area contributed by atoms with Crippen molar-refractivity contribution in [3.63, 3.8) is 0 Å². The van der Waals surface area contributed by atoms with Crippen molar-refractivity contribution in [1.29, 1.82) is 0 Å². The number of para-hydroxylation sites is 2. The lowest BCUT2D eigenvalue weighted by molar-refractivity contribution is -0.119. The van der Waals surface area contributed by atoms with Crippen LogP contribution in [0.1, 0.15) is 13.3 Å². The van der Waals surface area contributed by atoms with Crippen molar-refractivity contribution in [3.05, 3.63) is 36.9 Å². The fraction of sp³-hybridized carbons (Fsp3) is 0.231. The number of carbonyl (C=O) groups is 1. The van der Waals surface area contributed by atoms with Crippen LogP contribution in [-0.2, 0) is 4.79 Å². The van der Waals surface area contributed by atoms with Crippen molar-refractivity contribution in [1.82, 2.24) is 5.32 Å². The Morgan fingerprint density at radius 2 is 2.22 bits per heavy atom. The second-order valence-corrected chi connectivity index (χ2v) is 3.86. The molecule has 1 rings (SSSR count). The molecule has 0 unspecified atom stereocenters. The summed E-state index contributed by atoms with van der Waals surface area (Å²) < 4.78 is 5.47. The molecule has 0 saturated heterocycles. The zero-order valence-electron chi connectivity index (χ0n) is 10.2. The van der Waals surface area contributed by atoms with Crippen LogP contribution in [0, 0.1) is 0 Å². The van der Waals surface area contributed by atoms with E-state index < -0.39 is 0 Å². The molecule has 0 aliphatic rings. The summed E-state index contributed by atoms with van der Waals surface area (Å²) in [7, 11) is 0. The predicted molar refractivity (Wildman–Crippen MR) is 76.8 cm³/mol. The SMILES string of the molecule is C=CCOc1ccccc1NC(=S)NC(=O)CC. The maximum Gasteiger partial charge on any atom is 0.225 e. The summed E-state index contributed by atoms with van der Waals surface area (Å²) in [6.07, 6.45) is 2.05. The van der Waals surface area contributed by atoms with E-state index in [4.69, 9.17) is 17.0 Å². The molecule has 0 fully saturated rings. The maximum atomic E-state index is 11.2. The fourth-order valence-corrected chi connectivity index (χ4v) is 1.44. The van der Waals surface area contributed by atoms with Gasteiger partial charge in [0, 0.05) is 6.42 Å². The molecule has 1 amide bonds. The summed E-state index contributed by atoms with van der Waals surface area (Å²) >= 11 is 5.03. The van der Waals surface area contributed by atoms with E-state index in [-0.39, 0.29) is 11.0 Å². The lowest BCUT2D eigenvalue weighted by atomic mass is 10.3. The highest BCUT2D eigenvalue weighted by molar-refractivity contribution is 7.80. The van der Waals surface area contributed by atoms with Gasteiger partial charge in [0.2, 0.25) is 5.91 Å². The Balaban J connectivity index is 2.68.